The Hall–Kier alpha value is -1.47. The molecule has 6 nitrogen and oxygen atoms in total. The van der Waals surface area contributed by atoms with Gasteiger partial charge in [-0.2, -0.15) is 9.97 Å². The average molecular weight is 258 g/mol. The largest absolute Gasteiger partial charge is 0.369 e. The van der Waals surface area contributed by atoms with Gasteiger partial charge in [-0.05, 0) is 0 Å². The highest BCUT2D eigenvalue weighted by Crippen LogP contribution is 2.23. The number of hydrogen-bond acceptors (Lipinski definition) is 5. The molecule has 0 aliphatic rings. The molecule has 0 amide bonds. The summed E-state index contributed by atoms with van der Waals surface area (Å²) in [5, 5.41) is 0.235. The molecule has 0 unspecified atom stereocenters. The zero-order chi connectivity index (χ0) is 11.7. The molecule has 2 heterocycles. The molecule has 0 saturated heterocycles. The van der Waals surface area contributed by atoms with E-state index in [0.29, 0.717) is 10.3 Å². The number of aromatic amines is 1. The van der Waals surface area contributed by atoms with E-state index in [9.17, 15) is 4.79 Å². The molecule has 0 aliphatic carbocycles. The fourth-order valence-electron chi connectivity index (χ4n) is 1.03. The Balaban J connectivity index is 2.53. The van der Waals surface area contributed by atoms with Gasteiger partial charge < -0.3 is 4.90 Å². The second-order valence-corrected chi connectivity index (χ2v) is 4.56. The normalized spacial score (nSPS) is 11.4. The maximum Gasteiger partial charge on any atom is 0.306 e. The Morgan fingerprint density at radius 2 is 2.25 bits per heavy atom. The number of hydrogen-bond donors (Lipinski definition) is 1. The quantitative estimate of drug-likeness (QED) is 0.499. The molecule has 0 atom stereocenters. The van der Waals surface area contributed by atoms with Crippen molar-refractivity contribution in [2.45, 2.75) is 0 Å². The highest BCUT2D eigenvalue weighted by molar-refractivity contribution is 7.17. The van der Waals surface area contributed by atoms with Crippen molar-refractivity contribution in [3.8, 4) is 0 Å². The second-order valence-electron chi connectivity index (χ2n) is 3.21. The van der Waals surface area contributed by atoms with Crippen molar-refractivity contribution in [3.63, 3.8) is 0 Å². The van der Waals surface area contributed by atoms with Crippen LogP contribution in [-0.2, 0) is 0 Å². The smallest absolute Gasteiger partial charge is 0.306 e. The van der Waals surface area contributed by atoms with Crippen LogP contribution in [0.5, 0.6) is 0 Å². The number of aromatic nitrogens is 3. The van der Waals surface area contributed by atoms with E-state index in [1.165, 1.54) is 0 Å². The maximum atomic E-state index is 11.1. The van der Waals surface area contributed by atoms with Crippen molar-refractivity contribution in [1.29, 1.82) is 0 Å². The Morgan fingerprint density at radius 3 is 2.94 bits per heavy atom. The van der Waals surface area contributed by atoms with Gasteiger partial charge in [-0.3, -0.25) is 9.78 Å². The summed E-state index contributed by atoms with van der Waals surface area (Å²) in [5.74, 6) is 0.222. The van der Waals surface area contributed by atoms with E-state index in [1.807, 2.05) is 14.1 Å². The standard InChI is InChI=1S/C8H8ClN5OS/c1-14(2)3-10-7-11-5(9)4-6(12-7)13-8(15)16-4/h3H,1-2H3,(H,11,12,13,15)/b10-3-. The third kappa shape index (κ3) is 2.20. The monoisotopic (exact) mass is 257 g/mol. The number of nitrogens with one attached hydrogen (secondary N) is 1. The van der Waals surface area contributed by atoms with Crippen LogP contribution in [0.1, 0.15) is 0 Å². The van der Waals surface area contributed by atoms with Crippen LogP contribution in [0.4, 0.5) is 5.95 Å². The summed E-state index contributed by atoms with van der Waals surface area (Å²) in [6.45, 7) is 0. The molecule has 2 rings (SSSR count). The van der Waals surface area contributed by atoms with Crippen molar-refractivity contribution in [3.05, 3.63) is 14.8 Å². The summed E-state index contributed by atoms with van der Waals surface area (Å²) in [6.07, 6.45) is 1.56. The molecular formula is C8H8ClN5OS. The average Bonchev–Trinajstić information content (AvgIpc) is 2.56. The van der Waals surface area contributed by atoms with E-state index < -0.39 is 0 Å². The van der Waals surface area contributed by atoms with Crippen molar-refractivity contribution in [2.24, 2.45) is 4.99 Å². The van der Waals surface area contributed by atoms with E-state index >= 15 is 0 Å². The van der Waals surface area contributed by atoms with E-state index in [2.05, 4.69) is 19.9 Å². The van der Waals surface area contributed by atoms with Crippen molar-refractivity contribution >= 4 is 45.6 Å². The first-order valence-corrected chi connectivity index (χ1v) is 5.52. The van der Waals surface area contributed by atoms with Gasteiger partial charge in [0, 0.05) is 14.1 Å². The van der Waals surface area contributed by atoms with Crippen LogP contribution < -0.4 is 4.87 Å². The summed E-state index contributed by atoms with van der Waals surface area (Å²) in [5.41, 5.74) is 0.418. The molecule has 84 valence electrons. The van der Waals surface area contributed by atoms with Crippen LogP contribution in [0.15, 0.2) is 9.79 Å². The van der Waals surface area contributed by atoms with E-state index in [1.54, 1.807) is 11.2 Å². The van der Waals surface area contributed by atoms with Crippen LogP contribution >= 0.6 is 22.9 Å². The molecule has 2 aromatic rings. The zero-order valence-corrected chi connectivity index (χ0v) is 10.1. The summed E-state index contributed by atoms with van der Waals surface area (Å²) in [7, 11) is 3.66. The first-order valence-electron chi connectivity index (χ1n) is 4.33. The lowest BCUT2D eigenvalue weighted by atomic mass is 10.6. The second kappa shape index (κ2) is 4.18. The molecular weight excluding hydrogens is 250 g/mol. The Labute approximate surface area is 99.6 Å². The molecule has 0 fully saturated rings. The van der Waals surface area contributed by atoms with Gasteiger partial charge in [0.2, 0.25) is 0 Å². The predicted octanol–water partition coefficient (Wildman–Crippen LogP) is 1.25. The lowest BCUT2D eigenvalue weighted by Gasteiger charge is -2.01. The van der Waals surface area contributed by atoms with Crippen LogP contribution in [0.25, 0.3) is 10.3 Å². The third-order valence-electron chi connectivity index (χ3n) is 1.63. The fourth-order valence-corrected chi connectivity index (χ4v) is 1.96. The third-order valence-corrected chi connectivity index (χ3v) is 2.90. The van der Waals surface area contributed by atoms with Gasteiger partial charge in [0.05, 0.1) is 6.34 Å². The molecule has 16 heavy (non-hydrogen) atoms. The first kappa shape index (κ1) is 11.0. The lowest BCUT2D eigenvalue weighted by molar-refractivity contribution is 0.642. The minimum atomic E-state index is -0.208. The number of halogens is 1. The number of thiazole rings is 1. The van der Waals surface area contributed by atoms with Crippen molar-refractivity contribution < 1.29 is 0 Å². The Bertz CT molecular complexity index is 602. The number of fused-ring (bicyclic) bond motifs is 1. The summed E-state index contributed by atoms with van der Waals surface area (Å²) in [6, 6.07) is 0. The van der Waals surface area contributed by atoms with Gasteiger partial charge in [0.25, 0.3) is 5.95 Å². The number of aliphatic imine (C=N–C) groups is 1. The lowest BCUT2D eigenvalue weighted by Crippen LogP contribution is -2.07. The molecule has 2 aromatic heterocycles. The Morgan fingerprint density at radius 1 is 1.50 bits per heavy atom. The number of rotatable bonds is 2. The molecule has 0 aliphatic heterocycles. The van der Waals surface area contributed by atoms with E-state index in [0.717, 1.165) is 11.3 Å². The molecule has 0 bridgehead atoms. The number of nitrogens with zero attached hydrogens (tertiary/aromatic N) is 4. The highest BCUT2D eigenvalue weighted by atomic mass is 35.5. The van der Waals surface area contributed by atoms with Crippen molar-refractivity contribution in [2.75, 3.05) is 14.1 Å². The Kier molecular flexibility index (Phi) is 2.88. The van der Waals surface area contributed by atoms with Gasteiger partial charge in [-0.1, -0.05) is 22.9 Å². The van der Waals surface area contributed by atoms with Gasteiger partial charge in [0.15, 0.2) is 10.8 Å². The van der Waals surface area contributed by atoms with Crippen LogP contribution in [-0.4, -0.2) is 40.3 Å². The summed E-state index contributed by atoms with van der Waals surface area (Å²) in [4.78, 5) is 27.2. The van der Waals surface area contributed by atoms with Gasteiger partial charge >= 0.3 is 4.87 Å². The van der Waals surface area contributed by atoms with Gasteiger partial charge in [-0.15, -0.1) is 0 Å². The zero-order valence-electron chi connectivity index (χ0n) is 8.56. The predicted molar refractivity (Wildman–Crippen MR) is 64.9 cm³/mol. The van der Waals surface area contributed by atoms with Crippen molar-refractivity contribution in [1.82, 2.24) is 19.9 Å². The number of H-pyrrole nitrogens is 1. The summed E-state index contributed by atoms with van der Waals surface area (Å²) < 4.78 is 0.551. The van der Waals surface area contributed by atoms with Crippen LogP contribution in [0.2, 0.25) is 5.15 Å². The van der Waals surface area contributed by atoms with E-state index in [-0.39, 0.29) is 16.0 Å². The minimum absolute atomic E-state index is 0.208. The molecule has 0 spiro atoms. The molecule has 1 N–H and O–H groups in total. The van der Waals surface area contributed by atoms with Gasteiger partial charge in [0.1, 0.15) is 4.70 Å². The highest BCUT2D eigenvalue weighted by Gasteiger charge is 2.08. The minimum Gasteiger partial charge on any atom is -0.369 e. The SMILES string of the molecule is CN(C)/C=N\c1nc(Cl)c2sc(=O)[nH]c2n1. The molecule has 8 heteroatoms. The topological polar surface area (TPSA) is 74.2 Å². The van der Waals surface area contributed by atoms with Crippen LogP contribution in [0, 0.1) is 0 Å². The molecule has 0 aromatic carbocycles. The first-order chi connectivity index (χ1) is 7.56. The molecule has 0 radical (unpaired) electrons. The maximum absolute atomic E-state index is 11.1. The van der Waals surface area contributed by atoms with E-state index in [4.69, 9.17) is 11.6 Å². The van der Waals surface area contributed by atoms with Crippen LogP contribution in [0.3, 0.4) is 0 Å². The summed E-state index contributed by atoms with van der Waals surface area (Å²) >= 11 is 6.89. The van der Waals surface area contributed by atoms with Gasteiger partial charge in [-0.25, -0.2) is 4.99 Å². The fraction of sp³-hybridized carbons (Fsp3) is 0.250. The molecule has 0 saturated carbocycles.